The highest BCUT2D eigenvalue weighted by atomic mass is 32.2. The lowest BCUT2D eigenvalue weighted by molar-refractivity contribution is 0.321. The van der Waals surface area contributed by atoms with Gasteiger partial charge in [-0.15, -0.1) is 0 Å². The summed E-state index contributed by atoms with van der Waals surface area (Å²) < 4.78 is 25.0. The molecule has 1 atom stereocenters. The Bertz CT molecular complexity index is 773. The van der Waals surface area contributed by atoms with Crippen molar-refractivity contribution in [1.82, 2.24) is 14.3 Å². The van der Waals surface area contributed by atoms with Crippen molar-refractivity contribution in [3.05, 3.63) is 30.6 Å². The summed E-state index contributed by atoms with van der Waals surface area (Å²) >= 11 is 0. The number of fused-ring (bicyclic) bond motifs is 1. The van der Waals surface area contributed by atoms with Crippen molar-refractivity contribution in [2.75, 3.05) is 31.3 Å². The number of anilines is 1. The minimum absolute atomic E-state index is 0.0162. The first-order valence-electron chi connectivity index (χ1n) is 7.34. The summed E-state index contributed by atoms with van der Waals surface area (Å²) in [5.74, 6) is 0.886. The SMILES string of the molecule is CN(C1CCCN(c2ncnc3ccccc23)C1)S(C)(=O)=O. The lowest BCUT2D eigenvalue weighted by Gasteiger charge is -2.37. The number of para-hydroxylation sites is 1. The van der Waals surface area contributed by atoms with Gasteiger partial charge in [0.1, 0.15) is 12.1 Å². The molecule has 3 rings (SSSR count). The van der Waals surface area contributed by atoms with Crippen molar-refractivity contribution in [3.63, 3.8) is 0 Å². The third kappa shape index (κ3) is 2.91. The van der Waals surface area contributed by atoms with Crippen molar-refractivity contribution >= 4 is 26.7 Å². The summed E-state index contributed by atoms with van der Waals surface area (Å²) in [5.41, 5.74) is 0.908. The maximum absolute atomic E-state index is 11.8. The second-order valence-corrected chi connectivity index (χ2v) is 7.78. The smallest absolute Gasteiger partial charge is 0.211 e. The Morgan fingerprint density at radius 1 is 1.27 bits per heavy atom. The molecule has 1 fully saturated rings. The Labute approximate surface area is 130 Å². The Morgan fingerprint density at radius 2 is 2.05 bits per heavy atom. The number of benzene rings is 1. The van der Waals surface area contributed by atoms with Gasteiger partial charge in [0.2, 0.25) is 10.0 Å². The molecule has 0 aliphatic carbocycles. The Kier molecular flexibility index (Phi) is 4.01. The van der Waals surface area contributed by atoms with E-state index in [0.717, 1.165) is 36.1 Å². The van der Waals surface area contributed by atoms with Crippen LogP contribution in [0.2, 0.25) is 0 Å². The van der Waals surface area contributed by atoms with Crippen molar-refractivity contribution in [3.8, 4) is 0 Å². The summed E-state index contributed by atoms with van der Waals surface area (Å²) in [7, 11) is -1.52. The highest BCUT2D eigenvalue weighted by Crippen LogP contribution is 2.26. The molecule has 0 bridgehead atoms. The van der Waals surface area contributed by atoms with Gasteiger partial charge in [-0.05, 0) is 25.0 Å². The van der Waals surface area contributed by atoms with E-state index in [2.05, 4.69) is 14.9 Å². The molecule has 6 nitrogen and oxygen atoms in total. The van der Waals surface area contributed by atoms with Crippen molar-refractivity contribution in [1.29, 1.82) is 0 Å². The molecule has 1 aromatic heterocycles. The number of rotatable bonds is 3. The van der Waals surface area contributed by atoms with Crippen LogP contribution in [-0.2, 0) is 10.0 Å². The van der Waals surface area contributed by atoms with Gasteiger partial charge in [-0.3, -0.25) is 0 Å². The number of sulfonamides is 1. The first kappa shape index (κ1) is 15.2. The van der Waals surface area contributed by atoms with E-state index >= 15 is 0 Å². The molecule has 2 heterocycles. The summed E-state index contributed by atoms with van der Waals surface area (Å²) in [6.07, 6.45) is 4.65. The molecule has 1 aliphatic rings. The van der Waals surface area contributed by atoms with Crippen LogP contribution in [0.15, 0.2) is 30.6 Å². The Balaban J connectivity index is 1.91. The first-order valence-corrected chi connectivity index (χ1v) is 9.19. The number of nitrogens with zero attached hydrogens (tertiary/aromatic N) is 4. The average Bonchev–Trinajstić information content (AvgIpc) is 2.53. The summed E-state index contributed by atoms with van der Waals surface area (Å²) in [5, 5.41) is 1.01. The molecule has 2 aromatic rings. The van der Waals surface area contributed by atoms with Crippen LogP contribution in [0.4, 0.5) is 5.82 Å². The number of piperidine rings is 1. The van der Waals surface area contributed by atoms with E-state index in [0.29, 0.717) is 6.54 Å². The van der Waals surface area contributed by atoms with Crippen LogP contribution in [0.3, 0.4) is 0 Å². The van der Waals surface area contributed by atoms with E-state index in [4.69, 9.17) is 0 Å². The van der Waals surface area contributed by atoms with Gasteiger partial charge in [0.15, 0.2) is 0 Å². The highest BCUT2D eigenvalue weighted by molar-refractivity contribution is 7.88. The maximum atomic E-state index is 11.8. The number of likely N-dealkylation sites (N-methyl/N-ethyl adjacent to an activating group) is 1. The van der Waals surface area contributed by atoms with Crippen LogP contribution in [-0.4, -0.2) is 55.1 Å². The molecule has 1 aliphatic heterocycles. The minimum atomic E-state index is -3.18. The summed E-state index contributed by atoms with van der Waals surface area (Å²) in [4.78, 5) is 10.9. The fourth-order valence-corrected chi connectivity index (χ4v) is 3.67. The van der Waals surface area contributed by atoms with Crippen molar-refractivity contribution < 1.29 is 8.42 Å². The first-order chi connectivity index (χ1) is 10.5. The number of hydrogen-bond acceptors (Lipinski definition) is 5. The van der Waals surface area contributed by atoms with Gasteiger partial charge >= 0.3 is 0 Å². The topological polar surface area (TPSA) is 66.4 Å². The van der Waals surface area contributed by atoms with Gasteiger partial charge in [0, 0.05) is 31.6 Å². The number of hydrogen-bond donors (Lipinski definition) is 0. The predicted molar refractivity (Wildman–Crippen MR) is 87.4 cm³/mol. The second-order valence-electron chi connectivity index (χ2n) is 5.74. The lowest BCUT2D eigenvalue weighted by atomic mass is 10.1. The van der Waals surface area contributed by atoms with Crippen LogP contribution >= 0.6 is 0 Å². The van der Waals surface area contributed by atoms with Gasteiger partial charge in [-0.2, -0.15) is 0 Å². The van der Waals surface area contributed by atoms with Crippen LogP contribution in [0, 0.1) is 0 Å². The molecular weight excluding hydrogens is 300 g/mol. The molecule has 0 spiro atoms. The molecule has 7 heteroatoms. The second kappa shape index (κ2) is 5.81. The molecule has 0 N–H and O–H groups in total. The zero-order valence-electron chi connectivity index (χ0n) is 12.8. The predicted octanol–water partition coefficient (Wildman–Crippen LogP) is 1.49. The average molecular weight is 320 g/mol. The maximum Gasteiger partial charge on any atom is 0.211 e. The van der Waals surface area contributed by atoms with Gasteiger partial charge in [0.05, 0.1) is 11.8 Å². The standard InChI is InChI=1S/C15H20N4O2S/c1-18(22(2,20)21)12-6-5-9-19(10-12)15-13-7-3-4-8-14(13)16-11-17-15/h3-4,7-8,11-12H,5-6,9-10H2,1-2H3. The van der Waals surface area contributed by atoms with Crippen LogP contribution in [0.25, 0.3) is 10.9 Å². The Hall–Kier alpha value is -1.73. The van der Waals surface area contributed by atoms with E-state index in [1.807, 2.05) is 24.3 Å². The zero-order chi connectivity index (χ0) is 15.7. The fraction of sp³-hybridized carbons (Fsp3) is 0.467. The molecule has 0 radical (unpaired) electrons. The normalized spacial score (nSPS) is 19.8. The van der Waals surface area contributed by atoms with E-state index in [9.17, 15) is 8.42 Å². The molecule has 118 valence electrons. The molecule has 22 heavy (non-hydrogen) atoms. The quantitative estimate of drug-likeness (QED) is 0.857. The third-order valence-electron chi connectivity index (χ3n) is 4.26. The molecule has 0 saturated carbocycles. The van der Waals surface area contributed by atoms with E-state index < -0.39 is 10.0 Å². The van der Waals surface area contributed by atoms with E-state index in [1.165, 1.54) is 10.6 Å². The third-order valence-corrected chi connectivity index (χ3v) is 5.60. The minimum Gasteiger partial charge on any atom is -0.354 e. The van der Waals surface area contributed by atoms with Gasteiger partial charge in [0.25, 0.3) is 0 Å². The molecule has 1 saturated heterocycles. The largest absolute Gasteiger partial charge is 0.354 e. The van der Waals surface area contributed by atoms with Gasteiger partial charge < -0.3 is 4.90 Å². The summed E-state index contributed by atoms with van der Waals surface area (Å²) in [6, 6.07) is 7.88. The van der Waals surface area contributed by atoms with E-state index in [1.54, 1.807) is 13.4 Å². The lowest BCUT2D eigenvalue weighted by Crippen LogP contribution is -2.48. The van der Waals surface area contributed by atoms with Crippen LogP contribution < -0.4 is 4.90 Å². The van der Waals surface area contributed by atoms with Crippen molar-refractivity contribution in [2.45, 2.75) is 18.9 Å². The molecule has 1 unspecified atom stereocenters. The monoisotopic (exact) mass is 320 g/mol. The molecular formula is C15H20N4O2S. The highest BCUT2D eigenvalue weighted by Gasteiger charge is 2.29. The van der Waals surface area contributed by atoms with Gasteiger partial charge in [-0.1, -0.05) is 12.1 Å². The zero-order valence-corrected chi connectivity index (χ0v) is 13.6. The Morgan fingerprint density at radius 3 is 2.82 bits per heavy atom. The molecule has 1 aromatic carbocycles. The fourth-order valence-electron chi connectivity index (χ4n) is 2.96. The molecule has 0 amide bonds. The van der Waals surface area contributed by atoms with Crippen LogP contribution in [0.1, 0.15) is 12.8 Å². The van der Waals surface area contributed by atoms with Crippen LogP contribution in [0.5, 0.6) is 0 Å². The summed E-state index contributed by atoms with van der Waals surface area (Å²) in [6.45, 7) is 1.54. The van der Waals surface area contributed by atoms with Gasteiger partial charge in [-0.25, -0.2) is 22.7 Å². The number of aromatic nitrogens is 2. The van der Waals surface area contributed by atoms with E-state index in [-0.39, 0.29) is 6.04 Å². The van der Waals surface area contributed by atoms with Crippen molar-refractivity contribution in [2.24, 2.45) is 0 Å².